The van der Waals surface area contributed by atoms with Gasteiger partial charge in [0.05, 0.1) is 0 Å². The maximum absolute atomic E-state index is 11.7. The van der Waals surface area contributed by atoms with E-state index < -0.39 is 0 Å². The molecule has 0 aromatic rings. The Balaban J connectivity index is 0. The number of carbonyl (C=O) groups excluding carboxylic acids is 1. The number of ether oxygens (including phenoxy) is 1. The molecule has 0 saturated heterocycles. The van der Waals surface area contributed by atoms with Crippen molar-refractivity contribution in [1.29, 1.82) is 0 Å². The molecular weight excluding hydrogens is 406 g/mol. The summed E-state index contributed by atoms with van der Waals surface area (Å²) in [7, 11) is 0. The molecule has 0 rings (SSSR count). The van der Waals surface area contributed by atoms with Gasteiger partial charge in [-0.2, -0.15) is 0 Å². The summed E-state index contributed by atoms with van der Waals surface area (Å²) in [5, 5.41) is 9.53. The third kappa shape index (κ3) is 19.7. The van der Waals surface area contributed by atoms with Crippen molar-refractivity contribution in [3.63, 3.8) is 0 Å². The Kier molecular flexibility index (Phi) is 23.1. The minimum Gasteiger partial charge on any atom is -0.0654 e. The van der Waals surface area contributed by atoms with Crippen LogP contribution in [0.3, 0.4) is 0 Å². The van der Waals surface area contributed by atoms with Gasteiger partial charge in [-0.3, -0.25) is 0 Å². The van der Waals surface area contributed by atoms with Crippen LogP contribution in [-0.2, 0) is 27.4 Å². The molecule has 0 spiro atoms. The molecule has 5 heteroatoms. The van der Waals surface area contributed by atoms with Crippen LogP contribution in [0.4, 0.5) is 0 Å². The molecule has 0 unspecified atom stereocenters. The van der Waals surface area contributed by atoms with Crippen LogP contribution in [-0.4, -0.2) is 20.8 Å². The number of esters is 1. The van der Waals surface area contributed by atoms with E-state index in [1.165, 1.54) is 76.4 Å². The third-order valence-corrected chi connectivity index (χ3v) is 5.48. The summed E-state index contributed by atoms with van der Waals surface area (Å²) >= 11 is 0.578. The van der Waals surface area contributed by atoms with E-state index in [4.69, 9.17) is 11.3 Å². The van der Waals surface area contributed by atoms with E-state index in [1.54, 1.807) is 0 Å². The number of aliphatic hydroxyl groups is 1. The molecule has 0 aliphatic rings. The van der Waals surface area contributed by atoms with Crippen molar-refractivity contribution in [2.24, 2.45) is 0 Å². The van der Waals surface area contributed by atoms with Gasteiger partial charge in [0.25, 0.3) is 0 Å². The number of allylic oxidation sites excluding steroid dienone is 4. The maximum atomic E-state index is 11.7. The Labute approximate surface area is 181 Å². The molecule has 0 saturated carbocycles. The molecular formula is C23H39O4Zn-. The number of aliphatic hydroxyl groups excluding tert-OH is 1. The van der Waals surface area contributed by atoms with Gasteiger partial charge in [-0.1, -0.05) is 39.0 Å². The van der Waals surface area contributed by atoms with Crippen molar-refractivity contribution in [3.05, 3.63) is 36.6 Å². The zero-order chi connectivity index (χ0) is 20.2. The summed E-state index contributed by atoms with van der Waals surface area (Å²) in [6, 6.07) is 0. The number of hydrogen-bond acceptors (Lipinski definition) is 3. The van der Waals surface area contributed by atoms with E-state index in [-0.39, 0.29) is 17.2 Å². The van der Waals surface area contributed by atoms with E-state index in [2.05, 4.69) is 19.1 Å². The van der Waals surface area contributed by atoms with Gasteiger partial charge >= 0.3 is 124 Å². The second-order valence-electron chi connectivity index (χ2n) is 6.98. The summed E-state index contributed by atoms with van der Waals surface area (Å²) in [6.07, 6.45) is 23.7. The minimum atomic E-state index is -0.272. The van der Waals surface area contributed by atoms with Crippen LogP contribution in [0.25, 0.3) is 0 Å². The van der Waals surface area contributed by atoms with E-state index in [1.807, 2.05) is 0 Å². The average Bonchev–Trinajstić information content (AvgIpc) is 2.65. The molecule has 0 aromatic carbocycles. The molecule has 3 N–H and O–H groups in total. The molecule has 0 aromatic heterocycles. The van der Waals surface area contributed by atoms with Crippen molar-refractivity contribution in [1.82, 2.24) is 0 Å². The molecule has 0 radical (unpaired) electrons. The van der Waals surface area contributed by atoms with Crippen molar-refractivity contribution >= 4 is 10.3 Å². The van der Waals surface area contributed by atoms with E-state index in [0.29, 0.717) is 28.6 Å². The van der Waals surface area contributed by atoms with Gasteiger partial charge in [0, 0.05) is 0 Å². The van der Waals surface area contributed by atoms with Gasteiger partial charge in [0.1, 0.15) is 0 Å². The Morgan fingerprint density at radius 3 is 1.96 bits per heavy atom. The standard InChI is InChI=1S/C23H37O3.H2O.Zn/c1-3-5-6-7-8-9-10-11-12-13-14-15-16-17-18-20-23(25)26-21-22(24)19-4-2;;/h2,4,11-12,19,24H,3,5-10,13-18,20H2,1H3;1H2;/q-1;;/b12-11-,22-19+;;. The molecule has 0 atom stereocenters. The molecule has 0 heterocycles. The molecule has 0 bridgehead atoms. The first-order valence-corrected chi connectivity index (χ1v) is 12.1. The van der Waals surface area contributed by atoms with Crippen molar-refractivity contribution in [3.8, 4) is 0 Å². The summed E-state index contributed by atoms with van der Waals surface area (Å²) < 4.78 is 5.43. The first-order valence-electron chi connectivity index (χ1n) is 10.6. The molecule has 0 amide bonds. The van der Waals surface area contributed by atoms with E-state index in [0.717, 1.165) is 19.3 Å². The van der Waals surface area contributed by atoms with Gasteiger partial charge in [0.2, 0.25) is 0 Å². The monoisotopic (exact) mass is 443 g/mol. The van der Waals surface area contributed by atoms with Crippen molar-refractivity contribution in [2.75, 3.05) is 0 Å². The first-order chi connectivity index (χ1) is 13.1. The van der Waals surface area contributed by atoms with Crippen molar-refractivity contribution in [2.45, 2.75) is 96.8 Å². The second-order valence-corrected chi connectivity index (χ2v) is 8.32. The Morgan fingerprint density at radius 2 is 1.43 bits per heavy atom. The topological polar surface area (TPSA) is 78.0 Å². The van der Waals surface area contributed by atoms with Crippen LogP contribution in [0.1, 0.15) is 96.8 Å². The molecule has 158 valence electrons. The fourth-order valence-corrected chi connectivity index (χ4v) is 3.35. The van der Waals surface area contributed by atoms with Crippen LogP contribution in [0.2, 0.25) is 0 Å². The Hall–Kier alpha value is -1.06. The fraction of sp³-hybridized carbons (Fsp3) is 0.652. The molecule has 0 aliphatic heterocycles. The fourth-order valence-electron chi connectivity index (χ4n) is 2.76. The smallest absolute Gasteiger partial charge is 0.0654 e. The van der Waals surface area contributed by atoms with Crippen LogP contribution in [0, 0.1) is 6.58 Å². The minimum absolute atomic E-state index is 0. The first kappa shape index (κ1) is 29.1. The van der Waals surface area contributed by atoms with Gasteiger partial charge in [-0.25, -0.2) is 0 Å². The average molecular weight is 445 g/mol. The number of hydrogen-bond donors (Lipinski definition) is 1. The molecule has 0 aliphatic carbocycles. The van der Waals surface area contributed by atoms with Crippen LogP contribution in [0.5, 0.6) is 0 Å². The number of carbonyl (C=O) groups is 1. The van der Waals surface area contributed by atoms with Crippen LogP contribution < -0.4 is 0 Å². The van der Waals surface area contributed by atoms with Crippen LogP contribution >= 0.6 is 0 Å². The summed E-state index contributed by atoms with van der Waals surface area (Å²) in [5.74, 6) is -0.332. The SMILES string of the molecule is O.[CH-]=C/C=C(/O)[C](=[Zn])OC(=O)CCCCCCC/C=C\CCCCCCCC. The van der Waals surface area contributed by atoms with E-state index >= 15 is 0 Å². The number of rotatable bonds is 18. The normalized spacial score (nSPS) is 11.3. The van der Waals surface area contributed by atoms with Gasteiger partial charge in [-0.15, -0.1) is 0 Å². The third-order valence-electron chi connectivity index (χ3n) is 4.42. The molecule has 4 nitrogen and oxygen atoms in total. The summed E-state index contributed by atoms with van der Waals surface area (Å²) in [4.78, 5) is 11.7. The predicted molar refractivity (Wildman–Crippen MR) is 114 cm³/mol. The second kappa shape index (κ2) is 22.2. The predicted octanol–water partition coefficient (Wildman–Crippen LogP) is 5.85. The molecule has 28 heavy (non-hydrogen) atoms. The zero-order valence-electron chi connectivity index (χ0n) is 17.8. The Bertz CT molecular complexity index is 469. The van der Waals surface area contributed by atoms with Gasteiger partial charge < -0.3 is 5.48 Å². The quantitative estimate of drug-likeness (QED) is 0.0547. The Morgan fingerprint density at radius 1 is 0.929 bits per heavy atom. The summed E-state index contributed by atoms with van der Waals surface area (Å²) in [5.41, 5.74) is 0. The zero-order valence-corrected chi connectivity index (χ0v) is 20.7. The number of unbranched alkanes of at least 4 members (excludes halogenated alkanes) is 11. The van der Waals surface area contributed by atoms with Crippen molar-refractivity contribution < 1.29 is 38.0 Å². The molecule has 0 fully saturated rings. The summed E-state index contributed by atoms with van der Waals surface area (Å²) in [6.45, 7) is 7.45. The van der Waals surface area contributed by atoms with E-state index in [9.17, 15) is 9.90 Å². The van der Waals surface area contributed by atoms with Crippen LogP contribution in [0.15, 0.2) is 30.1 Å². The van der Waals surface area contributed by atoms with Gasteiger partial charge in [-0.05, 0) is 12.8 Å². The van der Waals surface area contributed by atoms with Gasteiger partial charge in [0.15, 0.2) is 0 Å².